The first-order valence-electron chi connectivity index (χ1n) is 7.28. The smallest absolute Gasteiger partial charge is 0.414 e. The highest BCUT2D eigenvalue weighted by molar-refractivity contribution is 6.27. The van der Waals surface area contributed by atoms with Crippen LogP contribution in [0.5, 0.6) is 0 Å². The second-order valence-corrected chi connectivity index (χ2v) is 5.24. The Morgan fingerprint density at radius 3 is 2.12 bits per heavy atom. The molecular weight excluding hydrogens is 327 g/mol. The summed E-state index contributed by atoms with van der Waals surface area (Å²) in [4.78, 5) is 24.4. The minimum absolute atomic E-state index is 0.220. The topological polar surface area (TPSA) is 90.7 Å². The van der Waals surface area contributed by atoms with Gasteiger partial charge in [0, 0.05) is 24.5 Å². The Morgan fingerprint density at radius 1 is 1.08 bits per heavy atom. The standard InChI is InChI=1S/C16H17FN2.C2H2O4/c1-19(2)11-9-16(14-4-3-10-18-12-14)13-5-7-15(17)8-6-13;3-1(4)2(5)6/h3-10,12H,11H2,1-2H3;(H,3,4)(H,5,6)/b16-9-;. The van der Waals surface area contributed by atoms with Gasteiger partial charge in [-0.1, -0.05) is 24.3 Å². The summed E-state index contributed by atoms with van der Waals surface area (Å²) in [7, 11) is 4.03. The molecule has 1 heterocycles. The number of rotatable bonds is 4. The Kier molecular flexibility index (Phi) is 7.95. The van der Waals surface area contributed by atoms with Crippen molar-refractivity contribution in [3.63, 3.8) is 0 Å². The third-order valence-corrected chi connectivity index (χ3v) is 2.97. The number of carboxylic acid groups (broad SMARTS) is 2. The third kappa shape index (κ3) is 7.36. The van der Waals surface area contributed by atoms with Gasteiger partial charge in [0.1, 0.15) is 5.82 Å². The van der Waals surface area contributed by atoms with E-state index in [2.05, 4.69) is 16.0 Å². The van der Waals surface area contributed by atoms with Crippen molar-refractivity contribution in [3.05, 3.63) is 71.8 Å². The van der Waals surface area contributed by atoms with Gasteiger partial charge in [0.25, 0.3) is 0 Å². The van der Waals surface area contributed by atoms with Crippen LogP contribution < -0.4 is 0 Å². The van der Waals surface area contributed by atoms with Gasteiger partial charge in [0.2, 0.25) is 0 Å². The Balaban J connectivity index is 0.000000450. The SMILES string of the molecule is CN(C)C/C=C(/c1ccc(F)cc1)c1cccnc1.O=C(O)C(=O)O. The summed E-state index contributed by atoms with van der Waals surface area (Å²) in [6.07, 6.45) is 5.70. The maximum atomic E-state index is 13.0. The first kappa shape index (κ1) is 20.0. The normalized spacial score (nSPS) is 10.8. The number of benzene rings is 1. The van der Waals surface area contributed by atoms with Crippen LogP contribution >= 0.6 is 0 Å². The summed E-state index contributed by atoms with van der Waals surface area (Å²) in [6.45, 7) is 0.821. The van der Waals surface area contributed by atoms with E-state index in [4.69, 9.17) is 19.8 Å². The molecule has 132 valence electrons. The molecule has 7 heteroatoms. The van der Waals surface area contributed by atoms with E-state index in [0.29, 0.717) is 0 Å². The zero-order valence-corrected chi connectivity index (χ0v) is 13.9. The van der Waals surface area contributed by atoms with Crippen LogP contribution in [0.3, 0.4) is 0 Å². The highest BCUT2D eigenvalue weighted by atomic mass is 19.1. The predicted molar refractivity (Wildman–Crippen MR) is 91.5 cm³/mol. The molecule has 2 rings (SSSR count). The van der Waals surface area contributed by atoms with Crippen molar-refractivity contribution in [1.82, 2.24) is 9.88 Å². The molecule has 0 atom stereocenters. The first-order valence-corrected chi connectivity index (χ1v) is 7.28. The van der Waals surface area contributed by atoms with Gasteiger partial charge in [0.05, 0.1) is 0 Å². The van der Waals surface area contributed by atoms with Crippen LogP contribution in [0, 0.1) is 5.82 Å². The molecule has 0 aliphatic rings. The first-order chi connectivity index (χ1) is 11.8. The molecule has 0 saturated heterocycles. The van der Waals surface area contributed by atoms with Gasteiger partial charge in [0.15, 0.2) is 0 Å². The third-order valence-electron chi connectivity index (χ3n) is 2.97. The predicted octanol–water partition coefficient (Wildman–Crippen LogP) is 2.37. The van der Waals surface area contributed by atoms with Crippen LogP contribution in [0.4, 0.5) is 4.39 Å². The number of aliphatic carboxylic acids is 2. The summed E-state index contributed by atoms with van der Waals surface area (Å²) in [5.74, 6) is -3.87. The average Bonchev–Trinajstić information content (AvgIpc) is 2.58. The molecule has 0 fully saturated rings. The molecule has 1 aromatic carbocycles. The van der Waals surface area contributed by atoms with Crippen molar-refractivity contribution in [1.29, 1.82) is 0 Å². The number of halogens is 1. The van der Waals surface area contributed by atoms with Crippen molar-refractivity contribution in [2.45, 2.75) is 0 Å². The lowest BCUT2D eigenvalue weighted by Gasteiger charge is -2.11. The number of pyridine rings is 1. The number of hydrogen-bond donors (Lipinski definition) is 2. The number of aromatic nitrogens is 1. The van der Waals surface area contributed by atoms with E-state index in [0.717, 1.165) is 23.2 Å². The summed E-state index contributed by atoms with van der Waals surface area (Å²) < 4.78 is 13.0. The fraction of sp³-hybridized carbons (Fsp3) is 0.167. The molecule has 0 aliphatic carbocycles. The van der Waals surface area contributed by atoms with Crippen molar-refractivity contribution in [2.75, 3.05) is 20.6 Å². The van der Waals surface area contributed by atoms with Crippen LogP contribution in [0.1, 0.15) is 11.1 Å². The van der Waals surface area contributed by atoms with E-state index in [1.54, 1.807) is 18.3 Å². The molecule has 25 heavy (non-hydrogen) atoms. The zero-order valence-electron chi connectivity index (χ0n) is 13.9. The monoisotopic (exact) mass is 346 g/mol. The molecule has 0 bridgehead atoms. The van der Waals surface area contributed by atoms with E-state index < -0.39 is 11.9 Å². The Bertz CT molecular complexity index is 717. The average molecular weight is 346 g/mol. The maximum Gasteiger partial charge on any atom is 0.414 e. The number of likely N-dealkylation sites (N-methyl/N-ethyl adjacent to an activating group) is 1. The van der Waals surface area contributed by atoms with Gasteiger partial charge in [-0.3, -0.25) is 4.98 Å². The summed E-state index contributed by atoms with van der Waals surface area (Å²) in [5.41, 5.74) is 3.11. The molecular formula is C18H19FN2O4. The van der Waals surface area contributed by atoms with E-state index in [1.807, 2.05) is 32.4 Å². The highest BCUT2D eigenvalue weighted by Gasteiger charge is 2.05. The zero-order chi connectivity index (χ0) is 18.8. The Hall–Kier alpha value is -3.06. The molecule has 0 aliphatic heterocycles. The summed E-state index contributed by atoms with van der Waals surface area (Å²) in [6, 6.07) is 10.5. The van der Waals surface area contributed by atoms with Gasteiger partial charge in [-0.15, -0.1) is 0 Å². The molecule has 0 amide bonds. The van der Waals surface area contributed by atoms with E-state index in [-0.39, 0.29) is 5.82 Å². The number of hydrogen-bond acceptors (Lipinski definition) is 4. The lowest BCUT2D eigenvalue weighted by atomic mass is 9.99. The fourth-order valence-electron chi connectivity index (χ4n) is 1.83. The molecule has 2 aromatic rings. The second kappa shape index (κ2) is 9.94. The van der Waals surface area contributed by atoms with E-state index in [9.17, 15) is 4.39 Å². The molecule has 0 saturated carbocycles. The van der Waals surface area contributed by atoms with Crippen LogP contribution in [0.25, 0.3) is 5.57 Å². The van der Waals surface area contributed by atoms with Crippen LogP contribution in [-0.2, 0) is 9.59 Å². The molecule has 0 unspecified atom stereocenters. The van der Waals surface area contributed by atoms with E-state index in [1.165, 1.54) is 12.1 Å². The molecule has 1 aromatic heterocycles. The van der Waals surface area contributed by atoms with Crippen LogP contribution in [0.2, 0.25) is 0 Å². The number of carbonyl (C=O) groups is 2. The fourth-order valence-corrected chi connectivity index (χ4v) is 1.83. The van der Waals surface area contributed by atoms with Gasteiger partial charge in [-0.2, -0.15) is 0 Å². The van der Waals surface area contributed by atoms with Crippen molar-refractivity contribution < 1.29 is 24.2 Å². The van der Waals surface area contributed by atoms with Crippen LogP contribution in [0.15, 0.2) is 54.9 Å². The Labute approximate surface area is 144 Å². The van der Waals surface area contributed by atoms with Crippen LogP contribution in [-0.4, -0.2) is 52.7 Å². The van der Waals surface area contributed by atoms with Crippen molar-refractivity contribution >= 4 is 17.5 Å². The minimum atomic E-state index is -1.82. The van der Waals surface area contributed by atoms with Gasteiger partial charge >= 0.3 is 11.9 Å². The largest absolute Gasteiger partial charge is 0.473 e. The number of carboxylic acids is 2. The van der Waals surface area contributed by atoms with Gasteiger partial charge in [-0.05, 0) is 43.4 Å². The van der Waals surface area contributed by atoms with Crippen molar-refractivity contribution in [2.24, 2.45) is 0 Å². The van der Waals surface area contributed by atoms with Crippen molar-refractivity contribution in [3.8, 4) is 0 Å². The second-order valence-electron chi connectivity index (χ2n) is 5.24. The molecule has 2 N–H and O–H groups in total. The molecule has 0 radical (unpaired) electrons. The highest BCUT2D eigenvalue weighted by Crippen LogP contribution is 2.22. The summed E-state index contributed by atoms with van der Waals surface area (Å²) >= 11 is 0. The Morgan fingerprint density at radius 2 is 1.68 bits per heavy atom. The minimum Gasteiger partial charge on any atom is -0.473 e. The van der Waals surface area contributed by atoms with Gasteiger partial charge < -0.3 is 15.1 Å². The summed E-state index contributed by atoms with van der Waals surface area (Å²) in [5, 5.41) is 14.8. The number of nitrogens with zero attached hydrogens (tertiary/aromatic N) is 2. The molecule has 0 spiro atoms. The maximum absolute atomic E-state index is 13.0. The van der Waals surface area contributed by atoms with E-state index >= 15 is 0 Å². The lowest BCUT2D eigenvalue weighted by Crippen LogP contribution is -2.11. The quantitative estimate of drug-likeness (QED) is 0.826. The lowest BCUT2D eigenvalue weighted by molar-refractivity contribution is -0.159. The molecule has 6 nitrogen and oxygen atoms in total. The van der Waals surface area contributed by atoms with Gasteiger partial charge in [-0.25, -0.2) is 14.0 Å².